The lowest BCUT2D eigenvalue weighted by Gasteiger charge is -2.35. The third-order valence-corrected chi connectivity index (χ3v) is 6.15. The van der Waals surface area contributed by atoms with E-state index in [4.69, 9.17) is 4.74 Å². The number of nitrogens with zero attached hydrogens (tertiary/aromatic N) is 1. The van der Waals surface area contributed by atoms with E-state index in [2.05, 4.69) is 10.6 Å². The lowest BCUT2D eigenvalue weighted by molar-refractivity contribution is -0.144. The Hall–Kier alpha value is -2.65. The van der Waals surface area contributed by atoms with Gasteiger partial charge in [0.2, 0.25) is 11.8 Å². The maximum Gasteiger partial charge on any atom is 0.408 e. The monoisotopic (exact) mass is 491 g/mol. The highest BCUT2D eigenvalue weighted by molar-refractivity contribution is 5.92. The van der Waals surface area contributed by atoms with Gasteiger partial charge in [0.25, 0.3) is 0 Å². The van der Waals surface area contributed by atoms with Crippen molar-refractivity contribution in [3.63, 3.8) is 0 Å². The third-order valence-electron chi connectivity index (χ3n) is 6.15. The Kier molecular flexibility index (Phi) is 10.5. The number of hydrogen-bond donors (Lipinski definition) is 4. The van der Waals surface area contributed by atoms with Gasteiger partial charge in [-0.1, -0.05) is 37.5 Å². The first-order valence-electron chi connectivity index (χ1n) is 12.4. The molecule has 4 N–H and O–H groups in total. The van der Waals surface area contributed by atoms with Crippen molar-refractivity contribution in [2.45, 2.75) is 90.4 Å². The molecule has 2 unspecified atom stereocenters. The second kappa shape index (κ2) is 12.9. The predicted molar refractivity (Wildman–Crippen MR) is 133 cm³/mol. The molecular formula is C26H41N3O6. The van der Waals surface area contributed by atoms with E-state index in [1.54, 1.807) is 26.8 Å². The summed E-state index contributed by atoms with van der Waals surface area (Å²) in [6, 6.07) is 3.17. The number of amides is 3. The quantitative estimate of drug-likeness (QED) is 0.420. The summed E-state index contributed by atoms with van der Waals surface area (Å²) in [7, 11) is 0. The van der Waals surface area contributed by atoms with Crippen molar-refractivity contribution in [1.82, 2.24) is 15.5 Å². The predicted octanol–water partition coefficient (Wildman–Crippen LogP) is 2.50. The van der Waals surface area contributed by atoms with E-state index in [9.17, 15) is 24.6 Å². The molecule has 35 heavy (non-hydrogen) atoms. The number of carbonyl (C=O) groups excluding carboxylic acids is 3. The number of benzene rings is 1. The SMILES string of the molecule is Cc1ccc(C(C(=O)NC2CCCCC2)N(CCO)C(=O)C(CO)NC(=O)OC(C)(C)C)cc1C. The zero-order valence-corrected chi connectivity index (χ0v) is 21.6. The van der Waals surface area contributed by atoms with Crippen molar-refractivity contribution >= 4 is 17.9 Å². The van der Waals surface area contributed by atoms with E-state index in [1.165, 1.54) is 4.90 Å². The molecule has 2 atom stereocenters. The molecule has 0 heterocycles. The summed E-state index contributed by atoms with van der Waals surface area (Å²) in [4.78, 5) is 40.6. The van der Waals surface area contributed by atoms with Crippen LogP contribution >= 0.6 is 0 Å². The molecular weight excluding hydrogens is 450 g/mol. The fourth-order valence-corrected chi connectivity index (χ4v) is 4.24. The summed E-state index contributed by atoms with van der Waals surface area (Å²) >= 11 is 0. The molecule has 0 radical (unpaired) electrons. The number of rotatable bonds is 9. The van der Waals surface area contributed by atoms with Crippen molar-refractivity contribution in [3.8, 4) is 0 Å². The molecule has 1 aliphatic carbocycles. The molecule has 9 heteroatoms. The molecule has 0 aromatic heterocycles. The van der Waals surface area contributed by atoms with Crippen molar-refractivity contribution in [3.05, 3.63) is 34.9 Å². The topological polar surface area (TPSA) is 128 Å². The van der Waals surface area contributed by atoms with Crippen LogP contribution in [0.3, 0.4) is 0 Å². The Labute approximate surface area is 208 Å². The van der Waals surface area contributed by atoms with Gasteiger partial charge in [0.1, 0.15) is 17.7 Å². The number of nitrogens with one attached hydrogen (secondary N) is 2. The molecule has 1 fully saturated rings. The lowest BCUT2D eigenvalue weighted by Crippen LogP contribution is -2.55. The van der Waals surface area contributed by atoms with Crippen LogP contribution < -0.4 is 10.6 Å². The normalized spacial score (nSPS) is 16.2. The average molecular weight is 492 g/mol. The summed E-state index contributed by atoms with van der Waals surface area (Å²) in [5.74, 6) is -1.04. The Morgan fingerprint density at radius 2 is 1.74 bits per heavy atom. The van der Waals surface area contributed by atoms with Crippen LogP contribution in [0.5, 0.6) is 0 Å². The van der Waals surface area contributed by atoms with Crippen LogP contribution in [-0.2, 0) is 14.3 Å². The Bertz CT molecular complexity index is 876. The number of carbonyl (C=O) groups is 3. The second-order valence-electron chi connectivity index (χ2n) is 10.2. The number of ether oxygens (including phenoxy) is 1. The molecule has 9 nitrogen and oxygen atoms in total. The van der Waals surface area contributed by atoms with Gasteiger partial charge in [0.05, 0.1) is 13.2 Å². The standard InChI is InChI=1S/C26H41N3O6/c1-17-11-12-19(15-18(17)2)22(23(32)27-20-9-7-6-8-10-20)29(13-14-30)24(33)21(16-31)28-25(34)35-26(3,4)5/h11-12,15,20-22,30-31H,6-10,13-14,16H2,1-5H3,(H,27,32)(H,28,34). The van der Waals surface area contributed by atoms with E-state index in [-0.39, 0.29) is 18.5 Å². The summed E-state index contributed by atoms with van der Waals surface area (Å²) in [6.45, 7) is 7.70. The van der Waals surface area contributed by atoms with Crippen LogP contribution in [0, 0.1) is 13.8 Å². The van der Waals surface area contributed by atoms with Crippen LogP contribution in [0.25, 0.3) is 0 Å². The van der Waals surface area contributed by atoms with Crippen LogP contribution in [-0.4, -0.2) is 70.5 Å². The molecule has 0 aliphatic heterocycles. The van der Waals surface area contributed by atoms with E-state index < -0.39 is 42.9 Å². The van der Waals surface area contributed by atoms with Gasteiger partial charge in [-0.3, -0.25) is 9.59 Å². The minimum atomic E-state index is -1.34. The zero-order chi connectivity index (χ0) is 26.2. The molecule has 0 bridgehead atoms. The van der Waals surface area contributed by atoms with Crippen LogP contribution in [0.1, 0.15) is 75.6 Å². The van der Waals surface area contributed by atoms with E-state index in [0.717, 1.165) is 43.2 Å². The van der Waals surface area contributed by atoms with Crippen LogP contribution in [0.2, 0.25) is 0 Å². The molecule has 1 aliphatic rings. The summed E-state index contributed by atoms with van der Waals surface area (Å²) in [5, 5.41) is 25.2. The summed E-state index contributed by atoms with van der Waals surface area (Å²) in [6.07, 6.45) is 4.09. The van der Waals surface area contributed by atoms with Gasteiger partial charge in [0.15, 0.2) is 0 Å². The van der Waals surface area contributed by atoms with Crippen molar-refractivity contribution in [2.75, 3.05) is 19.8 Å². The molecule has 0 spiro atoms. The Morgan fingerprint density at radius 3 is 2.29 bits per heavy atom. The highest BCUT2D eigenvalue weighted by Gasteiger charge is 2.36. The molecule has 1 aromatic carbocycles. The molecule has 1 saturated carbocycles. The third kappa shape index (κ3) is 8.50. The Balaban J connectivity index is 2.38. The van der Waals surface area contributed by atoms with Crippen molar-refractivity contribution in [2.24, 2.45) is 0 Å². The number of aliphatic hydroxyl groups is 2. The first kappa shape index (κ1) is 28.6. The van der Waals surface area contributed by atoms with Gasteiger partial charge in [-0.25, -0.2) is 4.79 Å². The first-order valence-corrected chi connectivity index (χ1v) is 12.4. The van der Waals surface area contributed by atoms with Gasteiger partial charge < -0.3 is 30.5 Å². The molecule has 2 rings (SSSR count). The fourth-order valence-electron chi connectivity index (χ4n) is 4.24. The maximum atomic E-state index is 13.6. The highest BCUT2D eigenvalue weighted by atomic mass is 16.6. The highest BCUT2D eigenvalue weighted by Crippen LogP contribution is 2.26. The van der Waals surface area contributed by atoms with Gasteiger partial charge in [-0.05, 0) is 64.2 Å². The van der Waals surface area contributed by atoms with Gasteiger partial charge >= 0.3 is 6.09 Å². The minimum Gasteiger partial charge on any atom is -0.444 e. The smallest absolute Gasteiger partial charge is 0.408 e. The van der Waals surface area contributed by atoms with E-state index in [1.807, 2.05) is 26.0 Å². The molecule has 3 amide bonds. The van der Waals surface area contributed by atoms with Gasteiger partial charge in [-0.15, -0.1) is 0 Å². The van der Waals surface area contributed by atoms with Crippen molar-refractivity contribution < 1.29 is 29.3 Å². The second-order valence-corrected chi connectivity index (χ2v) is 10.2. The number of alkyl carbamates (subject to hydrolysis) is 1. The average Bonchev–Trinajstić information content (AvgIpc) is 2.78. The number of aliphatic hydroxyl groups excluding tert-OH is 2. The Morgan fingerprint density at radius 1 is 1.09 bits per heavy atom. The summed E-state index contributed by atoms with van der Waals surface area (Å²) in [5.41, 5.74) is 1.80. The summed E-state index contributed by atoms with van der Waals surface area (Å²) < 4.78 is 5.22. The minimum absolute atomic E-state index is 0.0184. The molecule has 1 aromatic rings. The number of hydrogen-bond acceptors (Lipinski definition) is 6. The number of aryl methyl sites for hydroxylation is 2. The first-order chi connectivity index (χ1) is 16.5. The maximum absolute atomic E-state index is 13.6. The van der Waals surface area contributed by atoms with Crippen LogP contribution in [0.4, 0.5) is 4.79 Å². The van der Waals surface area contributed by atoms with Crippen molar-refractivity contribution in [1.29, 1.82) is 0 Å². The van der Waals surface area contributed by atoms with Gasteiger partial charge in [0, 0.05) is 12.6 Å². The van der Waals surface area contributed by atoms with Crippen LogP contribution in [0.15, 0.2) is 18.2 Å². The van der Waals surface area contributed by atoms with Gasteiger partial charge in [-0.2, -0.15) is 0 Å². The zero-order valence-electron chi connectivity index (χ0n) is 21.6. The molecule has 196 valence electrons. The lowest BCUT2D eigenvalue weighted by atomic mass is 9.94. The largest absolute Gasteiger partial charge is 0.444 e. The van der Waals surface area contributed by atoms with E-state index >= 15 is 0 Å². The van der Waals surface area contributed by atoms with E-state index in [0.29, 0.717) is 5.56 Å². The fraction of sp³-hybridized carbons (Fsp3) is 0.654. The molecule has 0 saturated heterocycles.